The maximum atomic E-state index is 12.2. The van der Waals surface area contributed by atoms with Gasteiger partial charge < -0.3 is 96.1 Å². The number of aliphatic hydroxyl groups is 4. The summed E-state index contributed by atoms with van der Waals surface area (Å²) in [5.41, 5.74) is -0.352. The average molecular weight is 1670 g/mol. The maximum Gasteiger partial charge on any atom is 0.337 e. The van der Waals surface area contributed by atoms with Crippen LogP contribution < -0.4 is 59.9 Å². The molecular formula is C65H97N21O23S4. The molecule has 16 N–H and O–H groups in total. The van der Waals surface area contributed by atoms with Gasteiger partial charge in [0.2, 0.25) is 83.6 Å². The molecule has 3 aromatic carbocycles. The van der Waals surface area contributed by atoms with Gasteiger partial charge in [0.15, 0.2) is 0 Å². The molecule has 0 saturated carbocycles. The molecule has 2 aliphatic heterocycles. The monoisotopic (exact) mass is 1670 g/mol. The van der Waals surface area contributed by atoms with E-state index in [9.17, 15) is 93.1 Å². The van der Waals surface area contributed by atoms with Crippen LogP contribution in [-0.2, 0) is 49.7 Å². The molecule has 0 amide bonds. The van der Waals surface area contributed by atoms with E-state index in [4.69, 9.17) is 14.6 Å². The highest BCUT2D eigenvalue weighted by atomic mass is 32.2. The van der Waals surface area contributed by atoms with Crippen LogP contribution in [-0.4, -0.2) is 310 Å². The smallest absolute Gasteiger partial charge is 0.337 e. The average Bonchev–Trinajstić information content (AvgIpc) is 0.835. The number of nitrogens with zero attached hydrogens (tertiary/aromatic N) is 14. The van der Waals surface area contributed by atoms with Crippen LogP contribution in [0.15, 0.2) is 65.6 Å². The molecule has 6 aromatic rings. The van der Waals surface area contributed by atoms with Crippen LogP contribution in [0.1, 0.15) is 101 Å². The van der Waals surface area contributed by atoms with Crippen molar-refractivity contribution in [1.29, 1.82) is 0 Å². The molecule has 0 atom stereocenters. The summed E-state index contributed by atoms with van der Waals surface area (Å²) in [7, 11) is -15.0. The zero-order chi connectivity index (χ0) is 82.7. The number of aliphatic hydroxyl groups excluding tert-OH is 4. The highest BCUT2D eigenvalue weighted by Gasteiger charge is 2.26. The summed E-state index contributed by atoms with van der Waals surface area (Å²) >= 11 is 0. The number of carbonyl (C=O) groups is 4. The lowest BCUT2D eigenvalue weighted by atomic mass is 10.1. The number of carboxylic acid groups (broad SMARTS) is 4. The first-order valence-electron chi connectivity index (χ1n) is 35.7. The molecule has 0 unspecified atom stereocenters. The van der Waals surface area contributed by atoms with Crippen molar-refractivity contribution in [2.75, 3.05) is 208 Å². The van der Waals surface area contributed by atoms with Crippen molar-refractivity contribution < 1.29 is 108 Å². The van der Waals surface area contributed by atoms with Gasteiger partial charge >= 0.3 is 23.9 Å². The second-order valence-electron chi connectivity index (χ2n) is 24.6. The predicted octanol–water partition coefficient (Wildman–Crippen LogP) is 0.517. The van der Waals surface area contributed by atoms with Gasteiger partial charge in [-0.05, 0) is 73.9 Å². The van der Waals surface area contributed by atoms with E-state index < -0.39 is 69.0 Å². The fourth-order valence-corrected chi connectivity index (χ4v) is 14.4. The van der Waals surface area contributed by atoms with Crippen LogP contribution in [0.4, 0.5) is 70.6 Å². The normalized spacial score (nSPS) is 13.2. The number of nitrogens with one attached hydrogen (secondary N) is 7. The Hall–Kier alpha value is -9.83. The number of sulfonamides is 3. The van der Waals surface area contributed by atoms with E-state index in [1.165, 1.54) is 29.2 Å². The minimum absolute atomic E-state index is 0.00179. The number of ether oxygens (including phenoxy) is 2. The Labute approximate surface area is 652 Å². The highest BCUT2D eigenvalue weighted by Crippen LogP contribution is 2.28. The fourth-order valence-electron chi connectivity index (χ4n) is 10.3. The van der Waals surface area contributed by atoms with E-state index in [0.717, 1.165) is 37.1 Å². The summed E-state index contributed by atoms with van der Waals surface area (Å²) in [6.45, 7) is 9.60. The summed E-state index contributed by atoms with van der Waals surface area (Å²) in [5, 5.41) is 86.8. The molecule has 8 rings (SSSR count). The zero-order valence-electron chi connectivity index (χ0n) is 62.3. The third-order valence-electron chi connectivity index (χ3n) is 16.0. The molecule has 2 aliphatic rings. The van der Waals surface area contributed by atoms with Crippen LogP contribution in [0.2, 0.25) is 0 Å². The molecule has 0 bridgehead atoms. The molecule has 2 saturated heterocycles. The standard InChI is InChI=1S/C23H33N7O8S.C22H33N7O6S.C20H31N7O9S2/c1-2-3-12-39(36,37)24-4-5-29(6-9-31)22-26-21(27-23(28-22)30-7-10-38-11-8-30)25-18-14-16(19(32)33)13-17(15-18)20(34)35;1-2-3-15-36(33,34)23-7-8-28(9-12-30)21-25-20(24-18-6-4-5-17(16-18)19(31)32)26-22(27-21)29-10-13-35-14-11-29;1-2-3-12-37(32,33)22-6-8-27(9-11-29)20-25-18(21-7-10-28)24-19(26-20)23-16-13-14(38(34,35)36)4-5-15(16)17(30)31/h13-15,24,31H,2-12H2,1H3,(H,32,33)(H,34,35)(H,25,26,27,28);4-6,16,23,30H,2-3,7-15H2,1H3,(H,31,32)(H,24,25,26,27);4-5,13,22,28-29H,2-3,6-12H2,1H3,(H,30,31)(H,34,35,36)(H2,21,23,24,25,26). The summed E-state index contributed by atoms with van der Waals surface area (Å²) < 4.78 is 124. The summed E-state index contributed by atoms with van der Waals surface area (Å²) in [6, 6.07) is 12.6. The van der Waals surface area contributed by atoms with Gasteiger partial charge in [0.25, 0.3) is 10.1 Å². The summed E-state index contributed by atoms with van der Waals surface area (Å²) in [5.74, 6) is -4.09. The Kier molecular flexibility index (Phi) is 37.3. The quantitative estimate of drug-likeness (QED) is 0.0232. The van der Waals surface area contributed by atoms with Crippen molar-refractivity contribution in [3.05, 3.63) is 82.9 Å². The van der Waals surface area contributed by atoms with Gasteiger partial charge in [-0.25, -0.2) is 58.6 Å². The third-order valence-corrected chi connectivity index (χ3v) is 21.3. The molecule has 5 heterocycles. The largest absolute Gasteiger partial charge is 0.478 e. The van der Waals surface area contributed by atoms with Gasteiger partial charge in [0.1, 0.15) is 0 Å². The number of unbranched alkanes of at least 4 members (excludes halogenated alkanes) is 3. The molecule has 0 spiro atoms. The molecule has 0 aliphatic carbocycles. The van der Waals surface area contributed by atoms with E-state index in [2.05, 4.69) is 80.3 Å². The molecule has 624 valence electrons. The molecule has 2 fully saturated rings. The van der Waals surface area contributed by atoms with Crippen LogP contribution >= 0.6 is 0 Å². The van der Waals surface area contributed by atoms with Gasteiger partial charge in [-0.15, -0.1) is 0 Å². The highest BCUT2D eigenvalue weighted by molar-refractivity contribution is 7.90. The Morgan fingerprint density at radius 2 is 0.832 bits per heavy atom. The number of hydrogen-bond donors (Lipinski definition) is 16. The van der Waals surface area contributed by atoms with Crippen molar-refractivity contribution in [3.63, 3.8) is 0 Å². The molecule has 0 radical (unpaired) electrons. The van der Waals surface area contributed by atoms with Crippen molar-refractivity contribution in [3.8, 4) is 0 Å². The molecular weight excluding hydrogens is 1570 g/mol. The second kappa shape index (κ2) is 45.8. The van der Waals surface area contributed by atoms with Crippen molar-refractivity contribution >= 4 is 135 Å². The third kappa shape index (κ3) is 31.6. The lowest BCUT2D eigenvalue weighted by Crippen LogP contribution is -2.40. The molecule has 3 aromatic heterocycles. The Bertz CT molecular complexity index is 4540. The van der Waals surface area contributed by atoms with Crippen molar-refractivity contribution in [2.24, 2.45) is 0 Å². The Balaban J connectivity index is 0.000000264. The van der Waals surface area contributed by atoms with Gasteiger partial charge in [0.05, 0.1) is 103 Å². The van der Waals surface area contributed by atoms with E-state index in [1.54, 1.807) is 21.9 Å². The first-order valence-corrected chi connectivity index (χ1v) is 42.1. The first kappa shape index (κ1) is 92.0. The zero-order valence-corrected chi connectivity index (χ0v) is 65.6. The fraction of sp³-hybridized carbons (Fsp3) is 0.523. The minimum atomic E-state index is -4.66. The number of benzene rings is 3. The molecule has 113 heavy (non-hydrogen) atoms. The number of carboxylic acids is 4. The second-order valence-corrected chi connectivity index (χ2v) is 31.8. The van der Waals surface area contributed by atoms with Gasteiger partial charge in [0, 0.05) is 103 Å². The molecule has 48 heteroatoms. The number of hydrogen-bond acceptors (Lipinski definition) is 36. The lowest BCUT2D eigenvalue weighted by Gasteiger charge is -2.28. The van der Waals surface area contributed by atoms with Gasteiger partial charge in [-0.3, -0.25) is 4.55 Å². The van der Waals surface area contributed by atoms with E-state index in [1.807, 2.05) is 30.6 Å². The minimum Gasteiger partial charge on any atom is -0.478 e. The molecule has 44 nitrogen and oxygen atoms in total. The number of rotatable bonds is 46. The Morgan fingerprint density at radius 3 is 1.22 bits per heavy atom. The number of anilines is 12. The number of morpholine rings is 2. The van der Waals surface area contributed by atoms with Crippen molar-refractivity contribution in [1.82, 2.24) is 59.0 Å². The first-order chi connectivity index (χ1) is 53.8. The predicted molar refractivity (Wildman–Crippen MR) is 416 cm³/mol. The van der Waals surface area contributed by atoms with Crippen LogP contribution in [0, 0.1) is 0 Å². The SMILES string of the molecule is CCCCS(=O)(=O)NCCN(CCO)c1nc(NCCO)nc(Nc2cc(S(=O)(=O)O)ccc2C(=O)O)n1.CCCCS(=O)(=O)NCCN(CCO)c1nc(Nc2cc(C(=O)O)cc(C(=O)O)c2)nc(N2CCOCC2)n1.CCCCS(=O)(=O)NCCN(CCO)c1nc(Nc2cccc(C(=O)O)c2)nc(N2CCOCC2)n1. The van der Waals surface area contributed by atoms with E-state index in [-0.39, 0.29) is 190 Å². The van der Waals surface area contributed by atoms with Crippen molar-refractivity contribution in [2.45, 2.75) is 64.2 Å². The van der Waals surface area contributed by atoms with Crippen LogP contribution in [0.5, 0.6) is 0 Å². The van der Waals surface area contributed by atoms with Crippen LogP contribution in [0.3, 0.4) is 0 Å². The summed E-state index contributed by atoms with van der Waals surface area (Å²) in [4.78, 5) is 93.5. The lowest BCUT2D eigenvalue weighted by molar-refractivity contribution is 0.0681. The van der Waals surface area contributed by atoms with Crippen LogP contribution in [0.25, 0.3) is 0 Å². The van der Waals surface area contributed by atoms with Gasteiger partial charge in [-0.2, -0.15) is 53.3 Å². The maximum absolute atomic E-state index is 12.2. The topological polar surface area (TPSA) is 622 Å². The van der Waals surface area contributed by atoms with E-state index >= 15 is 0 Å². The Morgan fingerprint density at radius 1 is 0.434 bits per heavy atom. The summed E-state index contributed by atoms with van der Waals surface area (Å²) in [6.07, 6.45) is 3.83. The van der Waals surface area contributed by atoms with Gasteiger partial charge in [-0.1, -0.05) is 46.1 Å². The number of aromatic carboxylic acids is 4. The number of aromatic nitrogens is 9. The van der Waals surface area contributed by atoms with E-state index in [0.29, 0.717) is 89.9 Å².